The molecule has 0 heterocycles. The Bertz CT molecular complexity index is 1040. The van der Waals surface area contributed by atoms with Crippen molar-refractivity contribution in [3.63, 3.8) is 0 Å². The molecule has 0 aliphatic carbocycles. The minimum atomic E-state index is -3.87. The number of nitro benzene ring substituents is 1. The van der Waals surface area contributed by atoms with Gasteiger partial charge in [-0.25, -0.2) is 8.42 Å². The summed E-state index contributed by atoms with van der Waals surface area (Å²) in [7, 11) is -2.33. The summed E-state index contributed by atoms with van der Waals surface area (Å²) in [5.74, 6) is -0.0321. The molecular weight excluding hydrogens is 426 g/mol. The van der Waals surface area contributed by atoms with E-state index in [-0.39, 0.29) is 30.3 Å². The van der Waals surface area contributed by atoms with E-state index in [1.165, 1.54) is 23.5 Å². The molecular formula is C20H25N3O7S. The number of carbonyl (C=O) groups excluding carboxylic acids is 1. The first-order chi connectivity index (χ1) is 14.7. The largest absolute Gasteiger partial charge is 0.497 e. The number of carbonyl (C=O) groups is 1. The third-order valence-corrected chi connectivity index (χ3v) is 6.50. The van der Waals surface area contributed by atoms with Crippen molar-refractivity contribution in [3.8, 4) is 11.5 Å². The standard InChI is InChI=1S/C20H25N3O7S/c1-4-22(5-2)31(27,28)17-9-10-19(18(12-17)23(25)26)30-14-20(24)21-13-15-7-6-8-16(11-15)29-3/h6-12H,4-5,13-14H2,1-3H3,(H,21,24). The fourth-order valence-corrected chi connectivity index (χ4v) is 4.29. The van der Waals surface area contributed by atoms with Gasteiger partial charge in [-0.1, -0.05) is 26.0 Å². The van der Waals surface area contributed by atoms with Crippen LogP contribution in [0.15, 0.2) is 47.4 Å². The molecule has 0 fully saturated rings. The van der Waals surface area contributed by atoms with Crippen LogP contribution < -0.4 is 14.8 Å². The minimum Gasteiger partial charge on any atom is -0.497 e. The van der Waals surface area contributed by atoms with E-state index in [9.17, 15) is 23.3 Å². The first-order valence-corrected chi connectivity index (χ1v) is 11.0. The maximum absolute atomic E-state index is 12.6. The lowest BCUT2D eigenvalue weighted by Gasteiger charge is -2.18. The van der Waals surface area contributed by atoms with Crippen LogP contribution in [-0.2, 0) is 21.4 Å². The Morgan fingerprint density at radius 3 is 2.48 bits per heavy atom. The van der Waals surface area contributed by atoms with Crippen molar-refractivity contribution in [1.82, 2.24) is 9.62 Å². The van der Waals surface area contributed by atoms with Gasteiger partial charge in [0.05, 0.1) is 16.9 Å². The molecule has 0 saturated heterocycles. The van der Waals surface area contributed by atoms with Crippen molar-refractivity contribution in [1.29, 1.82) is 0 Å². The molecule has 11 heteroatoms. The van der Waals surface area contributed by atoms with E-state index in [4.69, 9.17) is 9.47 Å². The summed E-state index contributed by atoms with van der Waals surface area (Å²) in [6, 6.07) is 10.5. The average molecular weight is 452 g/mol. The van der Waals surface area contributed by atoms with Crippen LogP contribution in [0.5, 0.6) is 11.5 Å². The van der Waals surface area contributed by atoms with Gasteiger partial charge >= 0.3 is 5.69 Å². The van der Waals surface area contributed by atoms with Crippen LogP contribution >= 0.6 is 0 Å². The first-order valence-electron chi connectivity index (χ1n) is 9.53. The molecule has 1 amide bonds. The fraction of sp³-hybridized carbons (Fsp3) is 0.350. The van der Waals surface area contributed by atoms with E-state index in [1.54, 1.807) is 32.0 Å². The Kier molecular flexibility index (Phi) is 8.34. The van der Waals surface area contributed by atoms with Gasteiger partial charge in [0.25, 0.3) is 5.91 Å². The average Bonchev–Trinajstić information content (AvgIpc) is 2.76. The van der Waals surface area contributed by atoms with Gasteiger partial charge in [0.15, 0.2) is 12.4 Å². The number of benzene rings is 2. The molecule has 0 spiro atoms. The molecule has 168 valence electrons. The molecule has 10 nitrogen and oxygen atoms in total. The van der Waals surface area contributed by atoms with Crippen molar-refractivity contribution < 1.29 is 27.6 Å². The molecule has 0 aromatic heterocycles. The van der Waals surface area contributed by atoms with Crippen LogP contribution in [0.25, 0.3) is 0 Å². The van der Waals surface area contributed by atoms with E-state index in [1.807, 2.05) is 6.07 Å². The van der Waals surface area contributed by atoms with Crippen molar-refractivity contribution in [3.05, 3.63) is 58.1 Å². The van der Waals surface area contributed by atoms with E-state index in [2.05, 4.69) is 5.32 Å². The number of sulfonamides is 1. The number of hydrogen-bond donors (Lipinski definition) is 1. The number of nitrogens with zero attached hydrogens (tertiary/aromatic N) is 2. The predicted octanol–water partition coefficient (Wildman–Crippen LogP) is 2.33. The van der Waals surface area contributed by atoms with E-state index >= 15 is 0 Å². The monoisotopic (exact) mass is 451 g/mol. The van der Waals surface area contributed by atoms with Crippen LogP contribution in [0.4, 0.5) is 5.69 Å². The van der Waals surface area contributed by atoms with Gasteiger partial charge in [-0.05, 0) is 29.8 Å². The Labute approximate surface area is 181 Å². The molecule has 31 heavy (non-hydrogen) atoms. The van der Waals surface area contributed by atoms with Crippen LogP contribution in [-0.4, -0.2) is 50.4 Å². The Balaban J connectivity index is 2.08. The molecule has 0 atom stereocenters. The Morgan fingerprint density at radius 2 is 1.87 bits per heavy atom. The lowest BCUT2D eigenvalue weighted by atomic mass is 10.2. The van der Waals surface area contributed by atoms with E-state index in [0.717, 1.165) is 11.6 Å². The quantitative estimate of drug-likeness (QED) is 0.410. The summed E-state index contributed by atoms with van der Waals surface area (Å²) in [5, 5.41) is 14.1. The highest BCUT2D eigenvalue weighted by molar-refractivity contribution is 7.89. The van der Waals surface area contributed by atoms with Gasteiger partial charge in [0, 0.05) is 25.7 Å². The second-order valence-electron chi connectivity index (χ2n) is 6.39. The third kappa shape index (κ3) is 6.15. The van der Waals surface area contributed by atoms with Crippen molar-refractivity contribution >= 4 is 21.6 Å². The zero-order valence-corrected chi connectivity index (χ0v) is 18.3. The molecule has 2 rings (SSSR count). The molecule has 2 aromatic carbocycles. The first kappa shape index (κ1) is 24.1. The van der Waals surface area contributed by atoms with Gasteiger partial charge < -0.3 is 14.8 Å². The number of rotatable bonds is 11. The molecule has 2 aromatic rings. The summed E-state index contributed by atoms with van der Waals surface area (Å²) < 4.78 is 36.8. The highest BCUT2D eigenvalue weighted by Gasteiger charge is 2.26. The molecule has 0 bridgehead atoms. The van der Waals surface area contributed by atoms with Gasteiger partial charge in [-0.2, -0.15) is 4.31 Å². The normalized spacial score (nSPS) is 11.2. The van der Waals surface area contributed by atoms with Crippen molar-refractivity contribution in [2.75, 3.05) is 26.8 Å². The van der Waals surface area contributed by atoms with Crippen molar-refractivity contribution in [2.45, 2.75) is 25.3 Å². The van der Waals surface area contributed by atoms with E-state index in [0.29, 0.717) is 5.75 Å². The maximum atomic E-state index is 12.6. The molecule has 0 unspecified atom stereocenters. The zero-order valence-electron chi connectivity index (χ0n) is 17.5. The molecule has 0 aliphatic heterocycles. The molecule has 1 N–H and O–H groups in total. The van der Waals surface area contributed by atoms with Crippen LogP contribution in [0.1, 0.15) is 19.4 Å². The minimum absolute atomic E-state index is 0.194. The SMILES string of the molecule is CCN(CC)S(=O)(=O)c1ccc(OCC(=O)NCc2cccc(OC)c2)c([N+](=O)[O-])c1. The second-order valence-corrected chi connectivity index (χ2v) is 8.33. The highest BCUT2D eigenvalue weighted by Crippen LogP contribution is 2.30. The third-order valence-electron chi connectivity index (χ3n) is 4.45. The van der Waals surface area contributed by atoms with Crippen LogP contribution in [0, 0.1) is 10.1 Å². The molecule has 0 radical (unpaired) electrons. The summed E-state index contributed by atoms with van der Waals surface area (Å²) in [6.45, 7) is 3.58. The fourth-order valence-electron chi connectivity index (χ4n) is 2.81. The summed E-state index contributed by atoms with van der Waals surface area (Å²) in [4.78, 5) is 22.6. The number of nitro groups is 1. The molecule has 0 aliphatic rings. The number of amides is 1. The van der Waals surface area contributed by atoms with Gasteiger partial charge in [0.2, 0.25) is 10.0 Å². The number of methoxy groups -OCH3 is 1. The van der Waals surface area contributed by atoms with Gasteiger partial charge in [-0.15, -0.1) is 0 Å². The molecule has 0 saturated carbocycles. The predicted molar refractivity (Wildman–Crippen MR) is 114 cm³/mol. The summed E-state index contributed by atoms with van der Waals surface area (Å²) in [5.41, 5.74) is 0.276. The highest BCUT2D eigenvalue weighted by atomic mass is 32.2. The van der Waals surface area contributed by atoms with E-state index < -0.39 is 33.1 Å². The Hall–Kier alpha value is -3.18. The van der Waals surface area contributed by atoms with Crippen molar-refractivity contribution in [2.24, 2.45) is 0 Å². The van der Waals surface area contributed by atoms with Crippen LogP contribution in [0.2, 0.25) is 0 Å². The Morgan fingerprint density at radius 1 is 1.16 bits per heavy atom. The summed E-state index contributed by atoms with van der Waals surface area (Å²) in [6.07, 6.45) is 0. The second kappa shape index (κ2) is 10.7. The van der Waals surface area contributed by atoms with Crippen LogP contribution in [0.3, 0.4) is 0 Å². The topological polar surface area (TPSA) is 128 Å². The summed E-state index contributed by atoms with van der Waals surface area (Å²) >= 11 is 0. The smallest absolute Gasteiger partial charge is 0.312 e. The number of hydrogen-bond acceptors (Lipinski definition) is 7. The van der Waals surface area contributed by atoms with Gasteiger partial charge in [-0.3, -0.25) is 14.9 Å². The lowest BCUT2D eigenvalue weighted by molar-refractivity contribution is -0.386. The number of nitrogens with one attached hydrogen (secondary N) is 1. The maximum Gasteiger partial charge on any atom is 0.312 e. The van der Waals surface area contributed by atoms with Gasteiger partial charge in [0.1, 0.15) is 5.75 Å². The lowest BCUT2D eigenvalue weighted by Crippen LogP contribution is -2.30. The number of ether oxygens (including phenoxy) is 2. The zero-order chi connectivity index (χ0) is 23.0.